The van der Waals surface area contributed by atoms with E-state index in [2.05, 4.69) is 10.3 Å². The van der Waals surface area contributed by atoms with Crippen LogP contribution in [0.25, 0.3) is 0 Å². The van der Waals surface area contributed by atoms with E-state index in [1.165, 1.54) is 23.5 Å². The maximum atomic E-state index is 12.9. The zero-order chi connectivity index (χ0) is 18.4. The Morgan fingerprint density at radius 1 is 1.19 bits per heavy atom. The van der Waals surface area contributed by atoms with Gasteiger partial charge in [-0.05, 0) is 42.3 Å². The molecule has 134 valence electrons. The normalized spacial score (nSPS) is 10.5. The van der Waals surface area contributed by atoms with Gasteiger partial charge in [0, 0.05) is 11.9 Å². The third kappa shape index (κ3) is 5.13. The molecule has 1 amide bonds. The maximum absolute atomic E-state index is 12.9. The second kappa shape index (κ2) is 8.58. The first-order valence-electron chi connectivity index (χ1n) is 8.23. The first kappa shape index (κ1) is 18.1. The molecular formula is C20H19FN2O2S. The largest absolute Gasteiger partial charge is 0.486 e. The van der Waals surface area contributed by atoms with E-state index < -0.39 is 0 Å². The summed E-state index contributed by atoms with van der Waals surface area (Å²) in [5.74, 6) is 0.217. The Kier molecular flexibility index (Phi) is 5.96. The summed E-state index contributed by atoms with van der Waals surface area (Å²) in [6, 6.07) is 13.8. The van der Waals surface area contributed by atoms with E-state index in [1.54, 1.807) is 12.1 Å². The van der Waals surface area contributed by atoms with Crippen LogP contribution in [0.3, 0.4) is 0 Å². The van der Waals surface area contributed by atoms with E-state index in [1.807, 2.05) is 36.6 Å². The van der Waals surface area contributed by atoms with Crippen LogP contribution in [-0.4, -0.2) is 10.9 Å². The molecular weight excluding hydrogens is 351 g/mol. The number of carbonyl (C=O) groups is 1. The molecule has 1 N–H and O–H groups in total. The number of hydrogen-bond acceptors (Lipinski definition) is 4. The summed E-state index contributed by atoms with van der Waals surface area (Å²) in [6.07, 6.45) is 0.235. The molecule has 1 aromatic heterocycles. The number of nitrogens with zero attached hydrogens (tertiary/aromatic N) is 1. The molecule has 4 nitrogen and oxygen atoms in total. The third-order valence-corrected chi connectivity index (χ3v) is 4.73. The highest BCUT2D eigenvalue weighted by Gasteiger charge is 2.09. The summed E-state index contributed by atoms with van der Waals surface area (Å²) in [5.41, 5.74) is 2.98. The number of rotatable bonds is 7. The van der Waals surface area contributed by atoms with E-state index in [0.29, 0.717) is 18.9 Å². The Hall–Kier alpha value is -2.73. The van der Waals surface area contributed by atoms with Crippen molar-refractivity contribution in [1.29, 1.82) is 0 Å². The predicted octanol–water partition coefficient (Wildman–Crippen LogP) is 4.03. The molecule has 0 fully saturated rings. The Bertz CT molecular complexity index is 878. The minimum atomic E-state index is -0.300. The molecule has 3 aromatic rings. The van der Waals surface area contributed by atoms with Gasteiger partial charge in [-0.1, -0.05) is 24.3 Å². The standard InChI is InChI=1S/C20H19FN2O2S/c1-14-4-2-3-5-15(14)11-22-19(24)10-17-13-26-20(23-17)12-25-18-8-6-16(21)7-9-18/h2-9,13H,10-12H2,1H3,(H,22,24). The minimum Gasteiger partial charge on any atom is -0.486 e. The van der Waals surface area contributed by atoms with Crippen LogP contribution in [0.2, 0.25) is 0 Å². The highest BCUT2D eigenvalue weighted by molar-refractivity contribution is 7.09. The molecule has 6 heteroatoms. The number of nitrogens with one attached hydrogen (secondary N) is 1. The van der Waals surface area contributed by atoms with Gasteiger partial charge in [0.1, 0.15) is 23.2 Å². The second-order valence-corrected chi connectivity index (χ2v) is 6.80. The van der Waals surface area contributed by atoms with Crippen LogP contribution in [0.1, 0.15) is 21.8 Å². The number of benzene rings is 2. The quantitative estimate of drug-likeness (QED) is 0.683. The number of aryl methyl sites for hydroxylation is 1. The lowest BCUT2D eigenvalue weighted by atomic mass is 10.1. The van der Waals surface area contributed by atoms with Crippen molar-refractivity contribution in [2.24, 2.45) is 0 Å². The van der Waals surface area contributed by atoms with Gasteiger partial charge in [0.15, 0.2) is 0 Å². The molecule has 0 saturated carbocycles. The Balaban J connectivity index is 1.47. The van der Waals surface area contributed by atoms with Crippen molar-refractivity contribution in [1.82, 2.24) is 10.3 Å². The number of aromatic nitrogens is 1. The topological polar surface area (TPSA) is 51.2 Å². The van der Waals surface area contributed by atoms with Crippen LogP contribution in [-0.2, 0) is 24.4 Å². The fourth-order valence-electron chi connectivity index (χ4n) is 2.40. The SMILES string of the molecule is Cc1ccccc1CNC(=O)Cc1csc(COc2ccc(F)cc2)n1. The summed E-state index contributed by atoms with van der Waals surface area (Å²) in [4.78, 5) is 16.5. The summed E-state index contributed by atoms with van der Waals surface area (Å²) >= 11 is 1.44. The van der Waals surface area contributed by atoms with Crippen molar-refractivity contribution < 1.29 is 13.9 Å². The van der Waals surface area contributed by atoms with Gasteiger partial charge in [0.25, 0.3) is 0 Å². The fourth-order valence-corrected chi connectivity index (χ4v) is 3.11. The molecule has 0 unspecified atom stereocenters. The highest BCUT2D eigenvalue weighted by atomic mass is 32.1. The summed E-state index contributed by atoms with van der Waals surface area (Å²) in [7, 11) is 0. The number of ether oxygens (including phenoxy) is 1. The molecule has 0 bridgehead atoms. The highest BCUT2D eigenvalue weighted by Crippen LogP contribution is 2.16. The lowest BCUT2D eigenvalue weighted by Crippen LogP contribution is -2.25. The van der Waals surface area contributed by atoms with Crippen molar-refractivity contribution in [2.75, 3.05) is 0 Å². The number of halogens is 1. The molecule has 0 saturated heterocycles. The smallest absolute Gasteiger partial charge is 0.226 e. The Morgan fingerprint density at radius 2 is 1.96 bits per heavy atom. The van der Waals surface area contributed by atoms with Crippen LogP contribution >= 0.6 is 11.3 Å². The average Bonchev–Trinajstić information content (AvgIpc) is 3.08. The lowest BCUT2D eigenvalue weighted by molar-refractivity contribution is -0.120. The van der Waals surface area contributed by atoms with E-state index in [4.69, 9.17) is 4.74 Å². The summed E-state index contributed by atoms with van der Waals surface area (Å²) in [5, 5.41) is 5.55. The number of amides is 1. The fraction of sp³-hybridized carbons (Fsp3) is 0.200. The van der Waals surface area contributed by atoms with Crippen LogP contribution in [0.15, 0.2) is 53.9 Å². The molecule has 0 spiro atoms. The van der Waals surface area contributed by atoms with Gasteiger partial charge in [-0.15, -0.1) is 11.3 Å². The van der Waals surface area contributed by atoms with Gasteiger partial charge in [0.05, 0.1) is 12.1 Å². The molecule has 1 heterocycles. The van der Waals surface area contributed by atoms with Crippen LogP contribution in [0, 0.1) is 12.7 Å². The zero-order valence-electron chi connectivity index (χ0n) is 14.4. The van der Waals surface area contributed by atoms with Crippen LogP contribution in [0.4, 0.5) is 4.39 Å². The molecule has 0 aliphatic rings. The van der Waals surface area contributed by atoms with Crippen molar-refractivity contribution >= 4 is 17.2 Å². The van der Waals surface area contributed by atoms with E-state index in [0.717, 1.165) is 21.8 Å². The minimum absolute atomic E-state index is 0.0652. The van der Waals surface area contributed by atoms with Crippen LogP contribution < -0.4 is 10.1 Å². The molecule has 2 aromatic carbocycles. The summed E-state index contributed by atoms with van der Waals surface area (Å²) in [6.45, 7) is 2.83. The van der Waals surface area contributed by atoms with Crippen molar-refractivity contribution in [2.45, 2.75) is 26.5 Å². The number of hydrogen-bond donors (Lipinski definition) is 1. The van der Waals surface area contributed by atoms with Gasteiger partial charge in [-0.2, -0.15) is 0 Å². The Labute approximate surface area is 155 Å². The summed E-state index contributed by atoms with van der Waals surface area (Å²) < 4.78 is 18.4. The van der Waals surface area contributed by atoms with Crippen molar-refractivity contribution in [3.05, 3.63) is 81.6 Å². The van der Waals surface area contributed by atoms with Gasteiger partial charge >= 0.3 is 0 Å². The molecule has 3 rings (SSSR count). The Morgan fingerprint density at radius 3 is 2.73 bits per heavy atom. The average molecular weight is 370 g/mol. The van der Waals surface area contributed by atoms with Gasteiger partial charge in [-0.3, -0.25) is 4.79 Å². The van der Waals surface area contributed by atoms with Gasteiger partial charge < -0.3 is 10.1 Å². The van der Waals surface area contributed by atoms with E-state index >= 15 is 0 Å². The van der Waals surface area contributed by atoms with Gasteiger partial charge in [0.2, 0.25) is 5.91 Å². The number of thiazole rings is 1. The maximum Gasteiger partial charge on any atom is 0.226 e. The zero-order valence-corrected chi connectivity index (χ0v) is 15.2. The van der Waals surface area contributed by atoms with Crippen LogP contribution in [0.5, 0.6) is 5.75 Å². The number of carbonyl (C=O) groups excluding carboxylic acids is 1. The first-order valence-corrected chi connectivity index (χ1v) is 9.11. The van der Waals surface area contributed by atoms with E-state index in [9.17, 15) is 9.18 Å². The second-order valence-electron chi connectivity index (χ2n) is 5.86. The molecule has 0 aliphatic carbocycles. The third-order valence-electron chi connectivity index (χ3n) is 3.85. The van der Waals surface area contributed by atoms with E-state index in [-0.39, 0.29) is 18.1 Å². The first-order chi connectivity index (χ1) is 12.6. The molecule has 0 radical (unpaired) electrons. The lowest BCUT2D eigenvalue weighted by Gasteiger charge is -2.07. The molecule has 0 aliphatic heterocycles. The predicted molar refractivity (Wildman–Crippen MR) is 99.6 cm³/mol. The molecule has 0 atom stereocenters. The monoisotopic (exact) mass is 370 g/mol. The van der Waals surface area contributed by atoms with Crippen molar-refractivity contribution in [3.63, 3.8) is 0 Å². The van der Waals surface area contributed by atoms with Gasteiger partial charge in [-0.25, -0.2) is 9.37 Å². The molecule has 26 heavy (non-hydrogen) atoms. The van der Waals surface area contributed by atoms with Crippen molar-refractivity contribution in [3.8, 4) is 5.75 Å².